The van der Waals surface area contributed by atoms with Crippen LogP contribution in [0.25, 0.3) is 0 Å². The number of aliphatic imine (C=N–C) groups is 1. The van der Waals surface area contributed by atoms with Crippen molar-refractivity contribution in [2.45, 2.75) is 19.3 Å². The Labute approximate surface area is 136 Å². The molecule has 5 nitrogen and oxygen atoms in total. The number of hydrogen-bond acceptors (Lipinski definition) is 2. The maximum Gasteiger partial charge on any atom is 0.224 e. The highest BCUT2D eigenvalue weighted by atomic mass is 127. The van der Waals surface area contributed by atoms with E-state index in [0.29, 0.717) is 18.9 Å². The van der Waals surface area contributed by atoms with Gasteiger partial charge in [0.25, 0.3) is 0 Å². The molecule has 3 N–H and O–H groups in total. The molecule has 1 aliphatic heterocycles. The first-order valence-corrected chi connectivity index (χ1v) is 6.65. The molecule has 1 saturated heterocycles. The molecule has 0 aliphatic carbocycles. The zero-order chi connectivity index (χ0) is 13.5. The summed E-state index contributed by atoms with van der Waals surface area (Å²) in [6, 6.07) is 9.61. The molecule has 2 rings (SSSR count). The second-order valence-corrected chi connectivity index (χ2v) is 4.60. The summed E-state index contributed by atoms with van der Waals surface area (Å²) in [5.74, 6) is 0.522. The number of nitrogens with two attached hydrogens (primary N) is 1. The van der Waals surface area contributed by atoms with E-state index in [1.165, 1.54) is 0 Å². The van der Waals surface area contributed by atoms with Crippen LogP contribution < -0.4 is 11.1 Å². The summed E-state index contributed by atoms with van der Waals surface area (Å²) < 4.78 is 0. The van der Waals surface area contributed by atoms with Crippen LogP contribution in [0.1, 0.15) is 19.3 Å². The van der Waals surface area contributed by atoms with Crippen LogP contribution >= 0.6 is 24.0 Å². The largest absolute Gasteiger partial charge is 0.370 e. The predicted octanol–water partition coefficient (Wildman–Crippen LogP) is 2.04. The molecule has 1 fully saturated rings. The third-order valence-electron chi connectivity index (χ3n) is 3.11. The van der Waals surface area contributed by atoms with Crippen LogP contribution in [0.5, 0.6) is 0 Å². The SMILES string of the molecule is I.NC(=NCCC(=O)N1CCCC1)Nc1ccccc1. The lowest BCUT2D eigenvalue weighted by atomic mass is 10.3. The number of amides is 1. The summed E-state index contributed by atoms with van der Waals surface area (Å²) in [4.78, 5) is 17.8. The molecule has 1 heterocycles. The van der Waals surface area contributed by atoms with Gasteiger partial charge >= 0.3 is 0 Å². The highest BCUT2D eigenvalue weighted by molar-refractivity contribution is 14.0. The van der Waals surface area contributed by atoms with Crippen LogP contribution in [0.4, 0.5) is 5.69 Å². The average molecular weight is 388 g/mol. The van der Waals surface area contributed by atoms with Crippen molar-refractivity contribution in [2.75, 3.05) is 25.0 Å². The van der Waals surface area contributed by atoms with Gasteiger partial charge in [0.1, 0.15) is 0 Å². The van der Waals surface area contributed by atoms with E-state index >= 15 is 0 Å². The summed E-state index contributed by atoms with van der Waals surface area (Å²) in [6.45, 7) is 2.21. The molecule has 0 aromatic heterocycles. The lowest BCUT2D eigenvalue weighted by molar-refractivity contribution is -0.129. The number of halogens is 1. The molecule has 0 spiro atoms. The topological polar surface area (TPSA) is 70.7 Å². The number of guanidine groups is 1. The third-order valence-corrected chi connectivity index (χ3v) is 3.11. The predicted molar refractivity (Wildman–Crippen MR) is 92.4 cm³/mol. The molecule has 1 amide bonds. The van der Waals surface area contributed by atoms with Crippen molar-refractivity contribution in [3.8, 4) is 0 Å². The molecule has 6 heteroatoms. The summed E-state index contributed by atoms with van der Waals surface area (Å²) in [5.41, 5.74) is 6.66. The highest BCUT2D eigenvalue weighted by Gasteiger charge is 2.16. The van der Waals surface area contributed by atoms with Gasteiger partial charge in [-0.1, -0.05) is 18.2 Å². The molecule has 0 saturated carbocycles. The first-order valence-electron chi connectivity index (χ1n) is 6.65. The molecule has 1 aromatic rings. The lowest BCUT2D eigenvalue weighted by Gasteiger charge is -2.14. The van der Waals surface area contributed by atoms with E-state index in [1.807, 2.05) is 35.2 Å². The molecule has 0 bridgehead atoms. The summed E-state index contributed by atoms with van der Waals surface area (Å²) in [6.07, 6.45) is 2.66. The zero-order valence-corrected chi connectivity index (χ0v) is 13.7. The van der Waals surface area contributed by atoms with Gasteiger partial charge in [-0.05, 0) is 25.0 Å². The van der Waals surface area contributed by atoms with E-state index in [1.54, 1.807) is 0 Å². The van der Waals surface area contributed by atoms with E-state index in [9.17, 15) is 4.79 Å². The van der Waals surface area contributed by atoms with Gasteiger partial charge in [-0.3, -0.25) is 9.79 Å². The monoisotopic (exact) mass is 388 g/mol. The van der Waals surface area contributed by atoms with E-state index in [-0.39, 0.29) is 29.9 Å². The number of carbonyl (C=O) groups excluding carboxylic acids is 1. The van der Waals surface area contributed by atoms with Gasteiger partial charge in [-0.15, -0.1) is 24.0 Å². The van der Waals surface area contributed by atoms with Gasteiger partial charge in [0.2, 0.25) is 5.91 Å². The van der Waals surface area contributed by atoms with Crippen molar-refractivity contribution in [3.05, 3.63) is 30.3 Å². The van der Waals surface area contributed by atoms with Crippen molar-refractivity contribution in [1.29, 1.82) is 0 Å². The van der Waals surface area contributed by atoms with Crippen molar-refractivity contribution in [2.24, 2.45) is 10.7 Å². The first-order chi connectivity index (χ1) is 9.25. The summed E-state index contributed by atoms with van der Waals surface area (Å²) in [7, 11) is 0. The Morgan fingerprint density at radius 3 is 2.55 bits per heavy atom. The number of likely N-dealkylation sites (tertiary alicyclic amines) is 1. The lowest BCUT2D eigenvalue weighted by Crippen LogP contribution is -2.28. The Morgan fingerprint density at radius 1 is 1.25 bits per heavy atom. The van der Waals surface area contributed by atoms with Gasteiger partial charge in [0.15, 0.2) is 5.96 Å². The number of nitrogens with zero attached hydrogens (tertiary/aromatic N) is 2. The van der Waals surface area contributed by atoms with Crippen LogP contribution in [0.3, 0.4) is 0 Å². The number of hydrogen-bond donors (Lipinski definition) is 2. The molecule has 0 atom stereocenters. The molecule has 1 aromatic carbocycles. The van der Waals surface area contributed by atoms with Crippen LogP contribution in [0.15, 0.2) is 35.3 Å². The number of carbonyl (C=O) groups is 1. The Balaban J connectivity index is 0.00000200. The van der Waals surface area contributed by atoms with Gasteiger partial charge in [0, 0.05) is 25.2 Å². The minimum atomic E-state index is 0. The Bertz CT molecular complexity index is 444. The average Bonchev–Trinajstić information content (AvgIpc) is 2.93. The highest BCUT2D eigenvalue weighted by Crippen LogP contribution is 2.09. The molecular weight excluding hydrogens is 367 g/mol. The quantitative estimate of drug-likeness (QED) is 0.471. The van der Waals surface area contributed by atoms with Gasteiger partial charge in [0.05, 0.1) is 6.54 Å². The van der Waals surface area contributed by atoms with Gasteiger partial charge in [-0.25, -0.2) is 0 Å². The second-order valence-electron chi connectivity index (χ2n) is 4.60. The summed E-state index contributed by atoms with van der Waals surface area (Å²) in [5, 5.41) is 2.99. The number of benzene rings is 1. The molecular formula is C14H21IN4O. The summed E-state index contributed by atoms with van der Waals surface area (Å²) >= 11 is 0. The molecule has 0 radical (unpaired) electrons. The fraction of sp³-hybridized carbons (Fsp3) is 0.429. The Hall–Kier alpha value is -1.31. The Kier molecular flexibility index (Phi) is 7.35. The van der Waals surface area contributed by atoms with Crippen LogP contribution in [0.2, 0.25) is 0 Å². The smallest absolute Gasteiger partial charge is 0.224 e. The molecule has 1 aliphatic rings. The fourth-order valence-electron chi connectivity index (χ4n) is 2.11. The number of nitrogens with one attached hydrogen (secondary N) is 1. The van der Waals surface area contributed by atoms with Crippen molar-refractivity contribution in [3.63, 3.8) is 0 Å². The number of para-hydroxylation sites is 1. The van der Waals surface area contributed by atoms with Gasteiger partial charge in [-0.2, -0.15) is 0 Å². The molecule has 110 valence electrons. The Morgan fingerprint density at radius 2 is 1.90 bits per heavy atom. The van der Waals surface area contributed by atoms with Gasteiger partial charge < -0.3 is 16.0 Å². The minimum absolute atomic E-state index is 0. The standard InChI is InChI=1S/C14H20N4O.HI/c15-14(17-12-6-2-1-3-7-12)16-9-8-13(19)18-10-4-5-11-18;/h1-3,6-7H,4-5,8-11H2,(H3,15,16,17);1H. The van der Waals surface area contributed by atoms with Crippen LogP contribution in [0, 0.1) is 0 Å². The minimum Gasteiger partial charge on any atom is -0.370 e. The third kappa shape index (κ3) is 5.36. The van der Waals surface area contributed by atoms with E-state index < -0.39 is 0 Å². The number of rotatable bonds is 4. The number of anilines is 1. The zero-order valence-electron chi connectivity index (χ0n) is 11.4. The van der Waals surface area contributed by atoms with Crippen LogP contribution in [-0.4, -0.2) is 36.4 Å². The normalized spacial score (nSPS) is 14.8. The van der Waals surface area contributed by atoms with Crippen LogP contribution in [-0.2, 0) is 4.79 Å². The van der Waals surface area contributed by atoms with E-state index in [0.717, 1.165) is 31.6 Å². The van der Waals surface area contributed by atoms with E-state index in [4.69, 9.17) is 5.73 Å². The second kappa shape index (κ2) is 8.78. The molecule has 0 unspecified atom stereocenters. The molecule has 20 heavy (non-hydrogen) atoms. The maximum atomic E-state index is 11.8. The van der Waals surface area contributed by atoms with Crippen molar-refractivity contribution < 1.29 is 4.79 Å². The maximum absolute atomic E-state index is 11.8. The first kappa shape index (κ1) is 16.7. The fourth-order valence-corrected chi connectivity index (χ4v) is 2.11. The van der Waals surface area contributed by atoms with Crippen molar-refractivity contribution in [1.82, 2.24) is 4.90 Å². The van der Waals surface area contributed by atoms with E-state index in [2.05, 4.69) is 10.3 Å². The van der Waals surface area contributed by atoms with Crippen molar-refractivity contribution >= 4 is 41.5 Å².